The average molecular weight is 1070 g/mol. The number of aliphatic hydroxyl groups excluding tert-OH is 2. The van der Waals surface area contributed by atoms with Gasteiger partial charge in [-0.25, -0.2) is 0 Å². The van der Waals surface area contributed by atoms with Crippen molar-refractivity contribution in [3.63, 3.8) is 0 Å². The second kappa shape index (κ2) is 65.6. The minimum Gasteiger partial charge on any atom is -0.466 e. The monoisotopic (exact) mass is 1070 g/mol. The Morgan fingerprint density at radius 3 is 0.934 bits per heavy atom. The second-order valence-corrected chi connectivity index (χ2v) is 23.5. The highest BCUT2D eigenvalue weighted by Crippen LogP contribution is 2.18. The van der Waals surface area contributed by atoms with Crippen LogP contribution in [-0.2, 0) is 14.3 Å². The van der Waals surface area contributed by atoms with Crippen LogP contribution in [0.3, 0.4) is 0 Å². The lowest BCUT2D eigenvalue weighted by molar-refractivity contribution is -0.143. The normalized spacial score (nSPS) is 12.7. The molecule has 0 aliphatic heterocycles. The third-order valence-electron chi connectivity index (χ3n) is 15.9. The lowest BCUT2D eigenvalue weighted by atomic mass is 10.0. The van der Waals surface area contributed by atoms with Crippen molar-refractivity contribution in [3.05, 3.63) is 36.5 Å². The number of hydrogen-bond acceptors (Lipinski definition) is 5. The van der Waals surface area contributed by atoms with E-state index in [0.29, 0.717) is 19.4 Å². The van der Waals surface area contributed by atoms with Gasteiger partial charge in [0.05, 0.1) is 25.4 Å². The van der Waals surface area contributed by atoms with E-state index in [2.05, 4.69) is 43.5 Å². The molecule has 6 nitrogen and oxygen atoms in total. The summed E-state index contributed by atoms with van der Waals surface area (Å²) in [5, 5.41) is 23.0. The van der Waals surface area contributed by atoms with E-state index >= 15 is 0 Å². The van der Waals surface area contributed by atoms with Crippen LogP contribution in [0.2, 0.25) is 0 Å². The molecule has 0 fully saturated rings. The van der Waals surface area contributed by atoms with Gasteiger partial charge in [-0.1, -0.05) is 314 Å². The van der Waals surface area contributed by atoms with Crippen molar-refractivity contribution in [3.8, 4) is 0 Å². The van der Waals surface area contributed by atoms with Crippen molar-refractivity contribution < 1.29 is 24.5 Å². The Morgan fingerprint density at radius 1 is 0.355 bits per heavy atom. The summed E-state index contributed by atoms with van der Waals surface area (Å²) >= 11 is 0. The summed E-state index contributed by atoms with van der Waals surface area (Å²) in [6.07, 6.45) is 83.8. The molecule has 3 N–H and O–H groups in total. The minimum absolute atomic E-state index is 0.0148. The van der Waals surface area contributed by atoms with E-state index in [1.165, 1.54) is 302 Å². The predicted octanol–water partition coefficient (Wildman–Crippen LogP) is 21.9. The molecular weight excluding hydrogens is 935 g/mol. The van der Waals surface area contributed by atoms with Gasteiger partial charge in [0.15, 0.2) is 0 Å². The molecule has 0 aromatic rings. The van der Waals surface area contributed by atoms with Gasteiger partial charge in [-0.2, -0.15) is 0 Å². The molecule has 2 unspecified atom stereocenters. The van der Waals surface area contributed by atoms with Crippen LogP contribution in [-0.4, -0.2) is 47.4 Å². The summed E-state index contributed by atoms with van der Waals surface area (Å²) in [4.78, 5) is 24.5. The maximum Gasteiger partial charge on any atom is 0.305 e. The smallest absolute Gasteiger partial charge is 0.305 e. The quantitative estimate of drug-likeness (QED) is 0.0320. The summed E-state index contributed by atoms with van der Waals surface area (Å²) < 4.78 is 5.50. The Balaban J connectivity index is 3.33. The van der Waals surface area contributed by atoms with Gasteiger partial charge in [-0.05, 0) is 83.5 Å². The molecule has 2 atom stereocenters. The van der Waals surface area contributed by atoms with Crippen molar-refractivity contribution in [2.45, 2.75) is 386 Å². The highest BCUT2D eigenvalue weighted by Gasteiger charge is 2.18. The summed E-state index contributed by atoms with van der Waals surface area (Å²) in [6.45, 7) is 4.90. The largest absolute Gasteiger partial charge is 0.466 e. The first kappa shape index (κ1) is 74.1. The molecule has 0 bridgehead atoms. The molecule has 0 saturated carbocycles. The lowest BCUT2D eigenvalue weighted by Gasteiger charge is -2.20. The first-order valence-corrected chi connectivity index (χ1v) is 34.3. The fraction of sp³-hybridized carbons (Fsp3) is 0.886. The number of rotatable bonds is 64. The topological polar surface area (TPSA) is 95.9 Å². The van der Waals surface area contributed by atoms with Crippen molar-refractivity contribution in [2.24, 2.45) is 0 Å². The molecule has 0 rings (SSSR count). The van der Waals surface area contributed by atoms with Crippen LogP contribution in [0.15, 0.2) is 36.5 Å². The molecule has 0 radical (unpaired) electrons. The maximum absolute atomic E-state index is 12.4. The number of ether oxygens (including phenoxy) is 1. The molecule has 0 saturated heterocycles. The van der Waals surface area contributed by atoms with E-state index in [1.807, 2.05) is 6.08 Å². The van der Waals surface area contributed by atoms with Gasteiger partial charge in [-0.3, -0.25) is 9.59 Å². The van der Waals surface area contributed by atoms with Crippen molar-refractivity contribution >= 4 is 11.9 Å². The van der Waals surface area contributed by atoms with Crippen LogP contribution in [0.5, 0.6) is 0 Å². The molecule has 0 aliphatic carbocycles. The molecule has 0 aromatic heterocycles. The number of nitrogens with one attached hydrogen (secondary N) is 1. The van der Waals surface area contributed by atoms with Gasteiger partial charge in [0, 0.05) is 12.8 Å². The maximum atomic E-state index is 12.4. The van der Waals surface area contributed by atoms with Crippen LogP contribution in [0.4, 0.5) is 0 Å². The standard InChI is InChI=1S/C70H133NO5/c1-3-5-7-9-11-13-15-16-17-34-38-41-44-48-52-56-60-64-70(75)76-65-61-57-53-49-45-42-39-36-33-31-29-27-25-23-21-19-18-20-22-24-26-28-30-32-35-37-40-43-47-51-55-59-63-69(74)71-67(66-72)68(73)62-58-54-50-46-14-12-10-8-6-4-2/h16-17,21,23,58,62,67-68,72-73H,3-15,18-20,22,24-57,59-61,63-66H2,1-2H3,(H,71,74)/b17-16-,23-21-,62-58+. The average Bonchev–Trinajstić information content (AvgIpc) is 3.42. The van der Waals surface area contributed by atoms with Gasteiger partial charge < -0.3 is 20.3 Å². The van der Waals surface area contributed by atoms with Crippen LogP contribution < -0.4 is 5.32 Å². The molecule has 76 heavy (non-hydrogen) atoms. The van der Waals surface area contributed by atoms with Crippen LogP contribution in [0, 0.1) is 0 Å². The molecule has 6 heteroatoms. The Kier molecular flexibility index (Phi) is 63.9. The van der Waals surface area contributed by atoms with Gasteiger partial charge in [0.1, 0.15) is 0 Å². The zero-order valence-electron chi connectivity index (χ0n) is 51.3. The number of hydrogen-bond donors (Lipinski definition) is 3. The van der Waals surface area contributed by atoms with Crippen LogP contribution in [0.25, 0.3) is 0 Å². The summed E-state index contributed by atoms with van der Waals surface area (Å²) in [6, 6.07) is -0.624. The highest BCUT2D eigenvalue weighted by molar-refractivity contribution is 5.76. The number of unbranched alkanes of at least 4 members (excludes halogenated alkanes) is 49. The summed E-state index contributed by atoms with van der Waals surface area (Å²) in [7, 11) is 0. The van der Waals surface area contributed by atoms with E-state index in [1.54, 1.807) is 6.08 Å². The third-order valence-corrected chi connectivity index (χ3v) is 15.9. The zero-order valence-corrected chi connectivity index (χ0v) is 51.3. The van der Waals surface area contributed by atoms with E-state index in [-0.39, 0.29) is 18.5 Å². The number of allylic oxidation sites excluding steroid dienone is 5. The van der Waals surface area contributed by atoms with E-state index in [4.69, 9.17) is 4.74 Å². The van der Waals surface area contributed by atoms with Gasteiger partial charge in [-0.15, -0.1) is 0 Å². The zero-order chi connectivity index (χ0) is 55.0. The fourth-order valence-electron chi connectivity index (χ4n) is 10.6. The number of esters is 1. The van der Waals surface area contributed by atoms with Crippen LogP contribution >= 0.6 is 0 Å². The SMILES string of the molecule is CCCCCCCC/C=C\CCCCCCCCCC(=O)OCCCCCCCCCCCCCC/C=C\CCCCCCCCCCCCCCCCCCC(=O)NC(CO)C(O)/C=C/CCCCCCCCCC. The number of amides is 1. The summed E-state index contributed by atoms with van der Waals surface area (Å²) in [5.41, 5.74) is 0. The molecule has 448 valence electrons. The first-order chi connectivity index (χ1) is 37.5. The van der Waals surface area contributed by atoms with Gasteiger partial charge >= 0.3 is 5.97 Å². The molecular formula is C70H133NO5. The first-order valence-electron chi connectivity index (χ1n) is 34.3. The Hall–Kier alpha value is -1.92. The highest BCUT2D eigenvalue weighted by atomic mass is 16.5. The Bertz CT molecular complexity index is 1230. The molecule has 1 amide bonds. The fourth-order valence-corrected chi connectivity index (χ4v) is 10.6. The molecule has 0 heterocycles. The van der Waals surface area contributed by atoms with Crippen LogP contribution in [0.1, 0.15) is 373 Å². The summed E-state index contributed by atoms with van der Waals surface area (Å²) in [5.74, 6) is -0.0515. The minimum atomic E-state index is -0.841. The van der Waals surface area contributed by atoms with E-state index in [0.717, 1.165) is 44.9 Å². The predicted molar refractivity (Wildman–Crippen MR) is 333 cm³/mol. The number of carbonyl (C=O) groups is 2. The molecule has 0 aromatic carbocycles. The number of carbonyl (C=O) groups excluding carboxylic acids is 2. The third kappa shape index (κ3) is 61.3. The van der Waals surface area contributed by atoms with Gasteiger partial charge in [0.2, 0.25) is 5.91 Å². The van der Waals surface area contributed by atoms with Crippen molar-refractivity contribution in [2.75, 3.05) is 13.2 Å². The van der Waals surface area contributed by atoms with E-state index in [9.17, 15) is 19.8 Å². The Labute approximate surface area is 474 Å². The lowest BCUT2D eigenvalue weighted by Crippen LogP contribution is -2.45. The second-order valence-electron chi connectivity index (χ2n) is 23.5. The molecule has 0 aliphatic rings. The molecule has 0 spiro atoms. The number of aliphatic hydroxyl groups is 2. The Morgan fingerprint density at radius 2 is 0.618 bits per heavy atom. The van der Waals surface area contributed by atoms with Crippen molar-refractivity contribution in [1.29, 1.82) is 0 Å². The van der Waals surface area contributed by atoms with Crippen molar-refractivity contribution in [1.82, 2.24) is 5.32 Å². The van der Waals surface area contributed by atoms with E-state index < -0.39 is 12.1 Å². The van der Waals surface area contributed by atoms with Gasteiger partial charge in [0.25, 0.3) is 0 Å².